The molecule has 1 atom stereocenters. The minimum atomic E-state index is -0.295. The molecule has 0 bridgehead atoms. The number of rotatable bonds is 4. The molecule has 0 saturated carbocycles. The number of nitrogens with one attached hydrogen (secondary N) is 1. The zero-order chi connectivity index (χ0) is 17.1. The van der Waals surface area contributed by atoms with Crippen molar-refractivity contribution in [1.82, 2.24) is 5.01 Å². The molecule has 0 radical (unpaired) electrons. The number of amides is 2. The van der Waals surface area contributed by atoms with Crippen LogP contribution in [0.25, 0.3) is 0 Å². The lowest BCUT2D eigenvalue weighted by molar-refractivity contribution is -0.130. The highest BCUT2D eigenvalue weighted by atomic mass is 35.5. The Morgan fingerprint density at radius 3 is 2.67 bits per heavy atom. The molecule has 3 rings (SSSR count). The van der Waals surface area contributed by atoms with Gasteiger partial charge < -0.3 is 9.73 Å². The summed E-state index contributed by atoms with van der Waals surface area (Å²) in [5, 5.41) is 8.52. The van der Waals surface area contributed by atoms with Crippen LogP contribution in [0, 0.1) is 0 Å². The van der Waals surface area contributed by atoms with Crippen molar-refractivity contribution in [3.8, 4) is 0 Å². The lowest BCUT2D eigenvalue weighted by Gasteiger charge is -2.18. The van der Waals surface area contributed by atoms with E-state index in [1.54, 1.807) is 24.5 Å². The predicted molar refractivity (Wildman–Crippen MR) is 90.9 cm³/mol. The molecule has 1 N–H and O–H groups in total. The van der Waals surface area contributed by atoms with E-state index in [9.17, 15) is 9.59 Å². The number of nitrogens with zero attached hydrogens (tertiary/aromatic N) is 2. The van der Waals surface area contributed by atoms with Gasteiger partial charge in [-0.3, -0.25) is 9.59 Å². The molecule has 24 heavy (non-hydrogen) atoms. The van der Waals surface area contributed by atoms with E-state index in [0.29, 0.717) is 17.9 Å². The predicted octanol–water partition coefficient (Wildman–Crippen LogP) is 3.15. The number of hydrazone groups is 1. The summed E-state index contributed by atoms with van der Waals surface area (Å²) >= 11 is 5.69. The fraction of sp³-hybridized carbons (Fsp3) is 0.235. The third-order valence-electron chi connectivity index (χ3n) is 3.69. The Morgan fingerprint density at radius 1 is 1.33 bits per heavy atom. The van der Waals surface area contributed by atoms with Crippen LogP contribution in [0.2, 0.25) is 0 Å². The van der Waals surface area contributed by atoms with Gasteiger partial charge in [-0.1, -0.05) is 12.1 Å². The van der Waals surface area contributed by atoms with Crippen molar-refractivity contribution in [2.75, 3.05) is 11.2 Å². The molecule has 0 unspecified atom stereocenters. The summed E-state index contributed by atoms with van der Waals surface area (Å²) in [4.78, 5) is 23.1. The zero-order valence-corrected chi connectivity index (χ0v) is 13.8. The van der Waals surface area contributed by atoms with Gasteiger partial charge in [0.2, 0.25) is 5.91 Å². The molecule has 6 nitrogen and oxygen atoms in total. The second-order valence-electron chi connectivity index (χ2n) is 5.41. The Kier molecular flexibility index (Phi) is 4.66. The van der Waals surface area contributed by atoms with Crippen LogP contribution in [0.3, 0.4) is 0 Å². The SMILES string of the molecule is CC(=O)Nc1ccc(C2=NN(C(=O)CCl)[C@H](c3ccco3)C2)cc1. The van der Waals surface area contributed by atoms with Gasteiger partial charge in [-0.25, -0.2) is 5.01 Å². The molecule has 0 fully saturated rings. The van der Waals surface area contributed by atoms with Crippen LogP contribution in [0.4, 0.5) is 5.69 Å². The van der Waals surface area contributed by atoms with Gasteiger partial charge in [-0.05, 0) is 29.8 Å². The molecule has 0 aliphatic carbocycles. The molecule has 1 aromatic heterocycles. The Labute approximate surface area is 144 Å². The zero-order valence-electron chi connectivity index (χ0n) is 13.0. The first kappa shape index (κ1) is 16.3. The molecule has 2 amide bonds. The number of alkyl halides is 1. The molecule has 0 saturated heterocycles. The summed E-state index contributed by atoms with van der Waals surface area (Å²) in [6.45, 7) is 1.46. The third-order valence-corrected chi connectivity index (χ3v) is 3.92. The summed E-state index contributed by atoms with van der Waals surface area (Å²) in [7, 11) is 0. The molecular weight excluding hydrogens is 330 g/mol. The van der Waals surface area contributed by atoms with Crippen molar-refractivity contribution in [3.05, 3.63) is 54.0 Å². The summed E-state index contributed by atoms with van der Waals surface area (Å²) < 4.78 is 5.43. The second-order valence-corrected chi connectivity index (χ2v) is 5.68. The Morgan fingerprint density at radius 2 is 2.08 bits per heavy atom. The number of benzene rings is 1. The van der Waals surface area contributed by atoms with Crippen LogP contribution in [-0.4, -0.2) is 28.4 Å². The van der Waals surface area contributed by atoms with E-state index < -0.39 is 0 Å². The van der Waals surface area contributed by atoms with Gasteiger partial charge in [0.05, 0.1) is 12.0 Å². The number of carbonyl (C=O) groups is 2. The van der Waals surface area contributed by atoms with Crippen molar-refractivity contribution in [2.45, 2.75) is 19.4 Å². The summed E-state index contributed by atoms with van der Waals surface area (Å²) in [6.07, 6.45) is 2.11. The van der Waals surface area contributed by atoms with Crippen molar-refractivity contribution in [2.24, 2.45) is 5.10 Å². The van der Waals surface area contributed by atoms with E-state index in [2.05, 4.69) is 10.4 Å². The third kappa shape index (κ3) is 3.33. The van der Waals surface area contributed by atoms with E-state index in [4.69, 9.17) is 16.0 Å². The van der Waals surface area contributed by atoms with E-state index in [1.165, 1.54) is 11.9 Å². The average Bonchev–Trinajstić information content (AvgIpc) is 3.23. The van der Waals surface area contributed by atoms with Crippen LogP contribution in [0.5, 0.6) is 0 Å². The van der Waals surface area contributed by atoms with Gasteiger partial charge in [-0.2, -0.15) is 5.10 Å². The number of furan rings is 1. The van der Waals surface area contributed by atoms with Gasteiger partial charge in [0.15, 0.2) is 0 Å². The normalized spacial score (nSPS) is 16.8. The molecule has 1 aromatic carbocycles. The Bertz CT molecular complexity index is 769. The summed E-state index contributed by atoms with van der Waals surface area (Å²) in [5.74, 6) is 0.123. The molecule has 2 heterocycles. The molecule has 1 aliphatic rings. The van der Waals surface area contributed by atoms with E-state index in [-0.39, 0.29) is 23.7 Å². The highest BCUT2D eigenvalue weighted by Crippen LogP contribution is 2.33. The molecule has 0 spiro atoms. The monoisotopic (exact) mass is 345 g/mol. The largest absolute Gasteiger partial charge is 0.467 e. The first-order valence-corrected chi connectivity index (χ1v) is 7.99. The lowest BCUT2D eigenvalue weighted by atomic mass is 10.0. The smallest absolute Gasteiger partial charge is 0.258 e. The maximum atomic E-state index is 12.1. The molecule has 2 aromatic rings. The minimum Gasteiger partial charge on any atom is -0.467 e. The molecule has 124 valence electrons. The van der Waals surface area contributed by atoms with E-state index in [1.807, 2.05) is 18.2 Å². The van der Waals surface area contributed by atoms with Gasteiger partial charge in [0.1, 0.15) is 17.7 Å². The van der Waals surface area contributed by atoms with Crippen molar-refractivity contribution < 1.29 is 14.0 Å². The summed E-state index contributed by atoms with van der Waals surface area (Å²) in [5.41, 5.74) is 2.36. The first-order valence-electron chi connectivity index (χ1n) is 7.45. The number of halogens is 1. The van der Waals surface area contributed by atoms with Crippen LogP contribution >= 0.6 is 11.6 Å². The number of hydrogen-bond donors (Lipinski definition) is 1. The maximum Gasteiger partial charge on any atom is 0.258 e. The van der Waals surface area contributed by atoms with Crippen molar-refractivity contribution in [1.29, 1.82) is 0 Å². The van der Waals surface area contributed by atoms with Crippen LogP contribution < -0.4 is 5.32 Å². The topological polar surface area (TPSA) is 74.9 Å². The van der Waals surface area contributed by atoms with Gasteiger partial charge in [-0.15, -0.1) is 11.6 Å². The summed E-state index contributed by atoms with van der Waals surface area (Å²) in [6, 6.07) is 10.6. The van der Waals surface area contributed by atoms with Crippen LogP contribution in [0.15, 0.2) is 52.2 Å². The van der Waals surface area contributed by atoms with E-state index >= 15 is 0 Å². The Hall–Kier alpha value is -2.60. The number of anilines is 1. The van der Waals surface area contributed by atoms with Crippen molar-refractivity contribution >= 4 is 34.8 Å². The quantitative estimate of drug-likeness (QED) is 0.865. The molecule has 7 heteroatoms. The maximum absolute atomic E-state index is 12.1. The van der Waals surface area contributed by atoms with Gasteiger partial charge in [0.25, 0.3) is 5.91 Å². The fourth-order valence-electron chi connectivity index (χ4n) is 2.63. The highest BCUT2D eigenvalue weighted by Gasteiger charge is 2.34. The highest BCUT2D eigenvalue weighted by molar-refractivity contribution is 6.27. The van der Waals surface area contributed by atoms with Crippen LogP contribution in [0.1, 0.15) is 30.7 Å². The number of carbonyl (C=O) groups excluding carboxylic acids is 2. The van der Waals surface area contributed by atoms with Gasteiger partial charge >= 0.3 is 0 Å². The molecule has 1 aliphatic heterocycles. The lowest BCUT2D eigenvalue weighted by Crippen LogP contribution is -2.27. The van der Waals surface area contributed by atoms with E-state index in [0.717, 1.165) is 11.3 Å². The average molecular weight is 346 g/mol. The number of hydrogen-bond acceptors (Lipinski definition) is 4. The van der Waals surface area contributed by atoms with Gasteiger partial charge in [0, 0.05) is 19.0 Å². The second kappa shape index (κ2) is 6.88. The Balaban J connectivity index is 1.85. The fourth-order valence-corrected chi connectivity index (χ4v) is 2.75. The first-order chi connectivity index (χ1) is 11.6. The van der Waals surface area contributed by atoms with Crippen LogP contribution in [-0.2, 0) is 9.59 Å². The standard InChI is InChI=1S/C17H16ClN3O3/c1-11(22)19-13-6-4-12(5-7-13)14-9-15(16-3-2-8-24-16)21(20-14)17(23)10-18/h2-8,15H,9-10H2,1H3,(H,19,22)/t15-/m0/s1. The minimum absolute atomic E-state index is 0.127. The van der Waals surface area contributed by atoms with Crippen molar-refractivity contribution in [3.63, 3.8) is 0 Å². The molecular formula is C17H16ClN3O3.